The molecule has 1 aliphatic rings. The lowest BCUT2D eigenvalue weighted by Gasteiger charge is -2.23. The summed E-state index contributed by atoms with van der Waals surface area (Å²) in [6.07, 6.45) is 3.29. The molecule has 1 fully saturated rings. The van der Waals surface area contributed by atoms with E-state index < -0.39 is 0 Å². The van der Waals surface area contributed by atoms with Gasteiger partial charge in [0, 0.05) is 25.4 Å². The Hall–Kier alpha value is -2.57. The van der Waals surface area contributed by atoms with E-state index in [4.69, 9.17) is 9.72 Å². The molecule has 0 radical (unpaired) electrons. The number of imidazole rings is 1. The Bertz CT molecular complexity index is 1030. The average Bonchev–Trinajstić information content (AvgIpc) is 3.45. The fourth-order valence-corrected chi connectivity index (χ4v) is 5.17. The largest absolute Gasteiger partial charge is 0.376 e. The van der Waals surface area contributed by atoms with Crippen molar-refractivity contribution in [3.8, 4) is 0 Å². The Morgan fingerprint density at radius 1 is 1.09 bits per heavy atom. The van der Waals surface area contributed by atoms with Crippen LogP contribution in [0.1, 0.15) is 35.4 Å². The SMILES string of the molecule is Cc1nc(SCC(=O)N(CCc2ccccc2)Cc2ccccc2)n(C[C@H]2CCCO2)c1C. The summed E-state index contributed by atoms with van der Waals surface area (Å²) < 4.78 is 8.08. The van der Waals surface area contributed by atoms with Gasteiger partial charge in [0.05, 0.1) is 24.1 Å². The highest BCUT2D eigenvalue weighted by molar-refractivity contribution is 7.99. The number of hydrogen-bond acceptors (Lipinski definition) is 4. The molecular formula is C27H33N3O2S. The monoisotopic (exact) mass is 463 g/mol. The smallest absolute Gasteiger partial charge is 0.233 e. The van der Waals surface area contributed by atoms with Crippen molar-refractivity contribution in [2.75, 3.05) is 18.9 Å². The zero-order valence-electron chi connectivity index (χ0n) is 19.6. The van der Waals surface area contributed by atoms with Gasteiger partial charge in [-0.2, -0.15) is 0 Å². The molecule has 0 saturated carbocycles. The third-order valence-electron chi connectivity index (χ3n) is 6.24. The van der Waals surface area contributed by atoms with Crippen LogP contribution in [-0.2, 0) is 29.0 Å². The van der Waals surface area contributed by atoms with Crippen LogP contribution in [0.25, 0.3) is 0 Å². The van der Waals surface area contributed by atoms with Crippen LogP contribution in [-0.4, -0.2) is 45.4 Å². The van der Waals surface area contributed by atoms with E-state index in [-0.39, 0.29) is 12.0 Å². The topological polar surface area (TPSA) is 47.4 Å². The van der Waals surface area contributed by atoms with Gasteiger partial charge >= 0.3 is 0 Å². The summed E-state index contributed by atoms with van der Waals surface area (Å²) in [6.45, 7) is 7.11. The number of aryl methyl sites for hydroxylation is 1. The van der Waals surface area contributed by atoms with Crippen LogP contribution in [0.2, 0.25) is 0 Å². The van der Waals surface area contributed by atoms with E-state index in [0.29, 0.717) is 18.8 Å². The van der Waals surface area contributed by atoms with Crippen molar-refractivity contribution in [1.29, 1.82) is 0 Å². The van der Waals surface area contributed by atoms with Gasteiger partial charge in [-0.25, -0.2) is 4.98 Å². The van der Waals surface area contributed by atoms with E-state index in [2.05, 4.69) is 35.8 Å². The Balaban J connectivity index is 1.43. The van der Waals surface area contributed by atoms with Gasteiger partial charge in [0.15, 0.2) is 5.16 Å². The van der Waals surface area contributed by atoms with Crippen molar-refractivity contribution in [2.45, 2.75) is 57.5 Å². The zero-order chi connectivity index (χ0) is 23.0. The number of carbonyl (C=O) groups excluding carboxylic acids is 1. The van der Waals surface area contributed by atoms with Gasteiger partial charge in [0.25, 0.3) is 0 Å². The van der Waals surface area contributed by atoms with Crippen molar-refractivity contribution < 1.29 is 9.53 Å². The van der Waals surface area contributed by atoms with Crippen LogP contribution in [0.5, 0.6) is 0 Å². The Labute approximate surface area is 201 Å². The zero-order valence-corrected chi connectivity index (χ0v) is 20.4. The number of aromatic nitrogens is 2. The lowest BCUT2D eigenvalue weighted by Crippen LogP contribution is -2.34. The van der Waals surface area contributed by atoms with Gasteiger partial charge in [-0.05, 0) is 44.2 Å². The molecule has 1 aliphatic heterocycles. The number of hydrogen-bond donors (Lipinski definition) is 0. The standard InChI is InChI=1S/C27H33N3O2S/c1-21-22(2)30(19-25-14-9-17-32-25)27(28-21)33-20-26(31)29(18-24-12-7-4-8-13-24)16-15-23-10-5-3-6-11-23/h3-8,10-13,25H,9,14-20H2,1-2H3/t25-/m1/s1. The molecule has 6 heteroatoms. The molecule has 0 unspecified atom stereocenters. The van der Waals surface area contributed by atoms with Crippen molar-refractivity contribution in [2.24, 2.45) is 0 Å². The summed E-state index contributed by atoms with van der Waals surface area (Å²) in [5, 5.41) is 0.913. The lowest BCUT2D eigenvalue weighted by molar-refractivity contribution is -0.128. The molecule has 5 nitrogen and oxygen atoms in total. The second-order valence-corrected chi connectivity index (χ2v) is 9.58. The molecule has 3 aromatic rings. The molecule has 2 aromatic carbocycles. The maximum absolute atomic E-state index is 13.3. The van der Waals surface area contributed by atoms with E-state index in [1.54, 1.807) is 0 Å². The lowest BCUT2D eigenvalue weighted by atomic mass is 10.1. The molecule has 174 valence electrons. The van der Waals surface area contributed by atoms with Gasteiger partial charge < -0.3 is 14.2 Å². The third-order valence-corrected chi connectivity index (χ3v) is 7.20. The van der Waals surface area contributed by atoms with Gasteiger partial charge in [-0.15, -0.1) is 0 Å². The van der Waals surface area contributed by atoms with Crippen LogP contribution in [0, 0.1) is 13.8 Å². The minimum absolute atomic E-state index is 0.141. The van der Waals surface area contributed by atoms with Crippen molar-refractivity contribution in [3.05, 3.63) is 83.2 Å². The number of benzene rings is 2. The fourth-order valence-electron chi connectivity index (χ4n) is 4.16. The number of amides is 1. The first kappa shape index (κ1) is 23.6. The van der Waals surface area contributed by atoms with E-state index in [1.807, 2.05) is 48.2 Å². The summed E-state index contributed by atoms with van der Waals surface area (Å²) in [7, 11) is 0. The number of rotatable bonds is 10. The average molecular weight is 464 g/mol. The summed E-state index contributed by atoms with van der Waals surface area (Å²) in [6, 6.07) is 20.6. The first-order valence-electron chi connectivity index (χ1n) is 11.7. The van der Waals surface area contributed by atoms with E-state index in [0.717, 1.165) is 54.5 Å². The normalized spacial score (nSPS) is 15.6. The van der Waals surface area contributed by atoms with Crippen molar-refractivity contribution in [1.82, 2.24) is 14.5 Å². The minimum atomic E-state index is 0.141. The summed E-state index contributed by atoms with van der Waals surface area (Å²) >= 11 is 1.54. The van der Waals surface area contributed by atoms with Crippen LogP contribution >= 0.6 is 11.8 Å². The maximum Gasteiger partial charge on any atom is 0.233 e. The summed E-state index contributed by atoms with van der Waals surface area (Å²) in [4.78, 5) is 20.1. The highest BCUT2D eigenvalue weighted by atomic mass is 32.2. The molecule has 0 N–H and O–H groups in total. The van der Waals surface area contributed by atoms with Crippen LogP contribution in [0.15, 0.2) is 65.8 Å². The van der Waals surface area contributed by atoms with E-state index in [9.17, 15) is 4.79 Å². The molecule has 1 amide bonds. The highest BCUT2D eigenvalue weighted by Crippen LogP contribution is 2.25. The molecule has 1 atom stereocenters. The second-order valence-electron chi connectivity index (χ2n) is 8.64. The van der Waals surface area contributed by atoms with Crippen LogP contribution in [0.3, 0.4) is 0 Å². The summed E-state index contributed by atoms with van der Waals surface area (Å²) in [5.41, 5.74) is 4.57. The molecule has 1 saturated heterocycles. The number of thioether (sulfide) groups is 1. The summed E-state index contributed by atoms with van der Waals surface area (Å²) in [5.74, 6) is 0.519. The van der Waals surface area contributed by atoms with E-state index >= 15 is 0 Å². The number of nitrogens with zero attached hydrogens (tertiary/aromatic N) is 3. The highest BCUT2D eigenvalue weighted by Gasteiger charge is 2.22. The predicted octanol–water partition coefficient (Wildman–Crippen LogP) is 5.04. The van der Waals surface area contributed by atoms with Gasteiger partial charge in [-0.1, -0.05) is 72.4 Å². The van der Waals surface area contributed by atoms with Crippen molar-refractivity contribution in [3.63, 3.8) is 0 Å². The molecule has 0 spiro atoms. The third kappa shape index (κ3) is 6.49. The molecule has 0 bridgehead atoms. The Morgan fingerprint density at radius 3 is 2.45 bits per heavy atom. The first-order valence-corrected chi connectivity index (χ1v) is 12.7. The second kappa shape index (κ2) is 11.5. The molecular weight excluding hydrogens is 430 g/mol. The molecule has 33 heavy (non-hydrogen) atoms. The molecule has 1 aromatic heterocycles. The first-order chi connectivity index (χ1) is 16.1. The van der Waals surface area contributed by atoms with Crippen LogP contribution < -0.4 is 0 Å². The predicted molar refractivity (Wildman–Crippen MR) is 133 cm³/mol. The fraction of sp³-hybridized carbons (Fsp3) is 0.407. The van der Waals surface area contributed by atoms with Gasteiger partial charge in [0.2, 0.25) is 5.91 Å². The van der Waals surface area contributed by atoms with E-state index in [1.165, 1.54) is 17.3 Å². The van der Waals surface area contributed by atoms with Gasteiger partial charge in [-0.3, -0.25) is 4.79 Å². The molecule has 4 rings (SSSR count). The number of carbonyl (C=O) groups is 1. The minimum Gasteiger partial charge on any atom is -0.376 e. The Kier molecular flexibility index (Phi) is 8.24. The number of ether oxygens (including phenoxy) is 1. The quantitative estimate of drug-likeness (QED) is 0.395. The molecule has 0 aliphatic carbocycles. The maximum atomic E-state index is 13.3. The van der Waals surface area contributed by atoms with Crippen LogP contribution in [0.4, 0.5) is 0 Å². The van der Waals surface area contributed by atoms with Crippen molar-refractivity contribution >= 4 is 17.7 Å². The Morgan fingerprint density at radius 2 is 1.79 bits per heavy atom. The molecule has 2 heterocycles. The van der Waals surface area contributed by atoms with Gasteiger partial charge in [0.1, 0.15) is 0 Å².